The first-order valence-electron chi connectivity index (χ1n) is 10.2. The standard InChI is InChI=1S/C24H23F2NO4/c25-21-10-3-16(12-22(21)26)14-30-20-2-1-11-27(24(29)13-20)18-6-8-19(9-7-18)31-15-23(28)17-4-5-17/h1-3,6-10,12-13,17,23,28H,4-5,11,14-15H2/t23-/m1/s1. The summed E-state index contributed by atoms with van der Waals surface area (Å²) in [7, 11) is 0. The van der Waals surface area contributed by atoms with Crippen molar-refractivity contribution in [3.8, 4) is 5.75 Å². The Hall–Kier alpha value is -3.19. The fourth-order valence-electron chi connectivity index (χ4n) is 3.25. The second kappa shape index (κ2) is 9.31. The van der Waals surface area contributed by atoms with Crippen LogP contribution in [0.4, 0.5) is 14.5 Å². The van der Waals surface area contributed by atoms with Crippen LogP contribution in [0.1, 0.15) is 18.4 Å². The average Bonchev–Trinajstić information content (AvgIpc) is 3.62. The first-order valence-corrected chi connectivity index (χ1v) is 10.2. The molecule has 0 aromatic heterocycles. The quantitative estimate of drug-likeness (QED) is 0.689. The highest BCUT2D eigenvalue weighted by Crippen LogP contribution is 2.33. The van der Waals surface area contributed by atoms with Crippen LogP contribution in [0.25, 0.3) is 0 Å². The summed E-state index contributed by atoms with van der Waals surface area (Å²) in [6.45, 7) is 0.629. The van der Waals surface area contributed by atoms with E-state index >= 15 is 0 Å². The molecule has 1 heterocycles. The SMILES string of the molecule is O=C1C=C(OCc2ccc(F)c(F)c2)C=CCN1c1ccc(OC[C@@H](O)C2CC2)cc1. The van der Waals surface area contributed by atoms with Crippen LogP contribution in [0.15, 0.2) is 66.5 Å². The largest absolute Gasteiger partial charge is 0.491 e. The molecule has 7 heteroatoms. The maximum Gasteiger partial charge on any atom is 0.254 e. The Bertz CT molecular complexity index is 999. The number of aliphatic hydroxyl groups is 1. The first kappa shape index (κ1) is 21.1. The fraction of sp³-hybridized carbons (Fsp3) is 0.292. The van der Waals surface area contributed by atoms with Gasteiger partial charge in [0, 0.05) is 18.3 Å². The summed E-state index contributed by atoms with van der Waals surface area (Å²) >= 11 is 0. The molecule has 2 aliphatic rings. The van der Waals surface area contributed by atoms with Crippen molar-refractivity contribution in [3.63, 3.8) is 0 Å². The van der Waals surface area contributed by atoms with E-state index in [9.17, 15) is 18.7 Å². The van der Waals surface area contributed by atoms with Crippen LogP contribution in [0.2, 0.25) is 0 Å². The molecule has 1 fully saturated rings. The molecule has 0 saturated heterocycles. The predicted octanol–water partition coefficient (Wildman–Crippen LogP) is 4.12. The van der Waals surface area contributed by atoms with E-state index in [-0.39, 0.29) is 19.1 Å². The third-order valence-electron chi connectivity index (χ3n) is 5.23. The summed E-state index contributed by atoms with van der Waals surface area (Å²) in [5, 5.41) is 9.90. The molecule has 0 radical (unpaired) electrons. The maximum atomic E-state index is 13.3. The van der Waals surface area contributed by atoms with Crippen molar-refractivity contribution in [2.45, 2.75) is 25.6 Å². The molecule has 4 rings (SSSR count). The van der Waals surface area contributed by atoms with Gasteiger partial charge in [0.2, 0.25) is 0 Å². The number of nitrogens with zero attached hydrogens (tertiary/aromatic N) is 1. The Kier molecular flexibility index (Phi) is 6.32. The zero-order chi connectivity index (χ0) is 21.8. The topological polar surface area (TPSA) is 59.0 Å². The Balaban J connectivity index is 1.35. The Morgan fingerprint density at radius 3 is 2.55 bits per heavy atom. The van der Waals surface area contributed by atoms with E-state index in [1.165, 1.54) is 12.1 Å². The normalized spacial score (nSPS) is 17.2. The number of rotatable bonds is 8. The summed E-state index contributed by atoms with van der Waals surface area (Å²) in [4.78, 5) is 14.2. The lowest BCUT2D eigenvalue weighted by atomic mass is 10.2. The van der Waals surface area contributed by atoms with Gasteiger partial charge in [-0.05, 0) is 66.8 Å². The van der Waals surface area contributed by atoms with E-state index in [1.807, 2.05) is 0 Å². The highest BCUT2D eigenvalue weighted by molar-refractivity contribution is 6.02. The van der Waals surface area contributed by atoms with Gasteiger partial charge in [0.25, 0.3) is 5.91 Å². The zero-order valence-electron chi connectivity index (χ0n) is 16.8. The number of amides is 1. The molecule has 0 bridgehead atoms. The van der Waals surface area contributed by atoms with Gasteiger partial charge in [0.15, 0.2) is 11.6 Å². The van der Waals surface area contributed by atoms with E-state index in [2.05, 4.69) is 0 Å². The lowest BCUT2D eigenvalue weighted by Gasteiger charge is -2.19. The smallest absolute Gasteiger partial charge is 0.254 e. The number of hydrogen-bond acceptors (Lipinski definition) is 4. The number of carbonyl (C=O) groups excluding carboxylic acids is 1. The summed E-state index contributed by atoms with van der Waals surface area (Å²) < 4.78 is 37.6. The van der Waals surface area contributed by atoms with Gasteiger partial charge in [-0.2, -0.15) is 0 Å². The molecule has 1 N–H and O–H groups in total. The lowest BCUT2D eigenvalue weighted by Crippen LogP contribution is -2.28. The van der Waals surface area contributed by atoms with E-state index in [1.54, 1.807) is 41.3 Å². The molecule has 5 nitrogen and oxygen atoms in total. The number of ether oxygens (including phenoxy) is 2. The van der Waals surface area contributed by atoms with Gasteiger partial charge < -0.3 is 19.5 Å². The van der Waals surface area contributed by atoms with Crippen LogP contribution >= 0.6 is 0 Å². The summed E-state index contributed by atoms with van der Waals surface area (Å²) in [6, 6.07) is 10.6. The van der Waals surface area contributed by atoms with E-state index < -0.39 is 17.7 Å². The molecule has 2 aromatic rings. The summed E-state index contributed by atoms with van der Waals surface area (Å²) in [6.07, 6.45) is 6.49. The Labute approximate surface area is 179 Å². The second-order valence-corrected chi connectivity index (χ2v) is 7.64. The number of hydrogen-bond donors (Lipinski definition) is 1. The van der Waals surface area contributed by atoms with Crippen molar-refractivity contribution in [2.75, 3.05) is 18.1 Å². The summed E-state index contributed by atoms with van der Waals surface area (Å²) in [5.74, 6) is -0.797. The molecular formula is C24H23F2NO4. The number of aliphatic hydroxyl groups excluding tert-OH is 1. The molecule has 0 unspecified atom stereocenters. The monoisotopic (exact) mass is 427 g/mol. The molecule has 1 atom stereocenters. The van der Waals surface area contributed by atoms with Crippen molar-refractivity contribution < 1.29 is 28.2 Å². The fourth-order valence-corrected chi connectivity index (χ4v) is 3.25. The molecule has 1 amide bonds. The number of benzene rings is 2. The van der Waals surface area contributed by atoms with Gasteiger partial charge in [-0.15, -0.1) is 0 Å². The average molecular weight is 427 g/mol. The van der Waals surface area contributed by atoms with Gasteiger partial charge in [-0.3, -0.25) is 4.79 Å². The number of carbonyl (C=O) groups is 1. The van der Waals surface area contributed by atoms with Crippen molar-refractivity contribution in [1.82, 2.24) is 0 Å². The maximum absolute atomic E-state index is 13.3. The number of allylic oxidation sites excluding steroid dienone is 1. The highest BCUT2D eigenvalue weighted by Gasteiger charge is 2.30. The molecule has 162 valence electrons. The molecule has 31 heavy (non-hydrogen) atoms. The van der Waals surface area contributed by atoms with Crippen molar-refractivity contribution in [3.05, 3.63) is 83.6 Å². The number of anilines is 1. The zero-order valence-corrected chi connectivity index (χ0v) is 16.8. The van der Waals surface area contributed by atoms with E-state index in [0.29, 0.717) is 35.2 Å². The molecule has 1 saturated carbocycles. The lowest BCUT2D eigenvalue weighted by molar-refractivity contribution is -0.114. The van der Waals surface area contributed by atoms with Crippen molar-refractivity contribution >= 4 is 11.6 Å². The van der Waals surface area contributed by atoms with Crippen LogP contribution < -0.4 is 9.64 Å². The molecule has 2 aromatic carbocycles. The van der Waals surface area contributed by atoms with Crippen LogP contribution in [0, 0.1) is 17.6 Å². The van der Waals surface area contributed by atoms with Gasteiger partial charge in [-0.1, -0.05) is 12.1 Å². The van der Waals surface area contributed by atoms with E-state index in [4.69, 9.17) is 9.47 Å². The van der Waals surface area contributed by atoms with Gasteiger partial charge >= 0.3 is 0 Å². The van der Waals surface area contributed by atoms with Gasteiger partial charge in [0.05, 0.1) is 6.10 Å². The highest BCUT2D eigenvalue weighted by atomic mass is 19.2. The third kappa shape index (κ3) is 5.49. The van der Waals surface area contributed by atoms with Crippen molar-refractivity contribution in [2.24, 2.45) is 5.92 Å². The summed E-state index contributed by atoms with van der Waals surface area (Å²) in [5.41, 5.74) is 1.16. The number of halogens is 2. The minimum absolute atomic E-state index is 0.0133. The van der Waals surface area contributed by atoms with Crippen LogP contribution in [0.5, 0.6) is 5.75 Å². The van der Waals surface area contributed by atoms with E-state index in [0.717, 1.165) is 25.0 Å². The second-order valence-electron chi connectivity index (χ2n) is 7.64. The Morgan fingerprint density at radius 2 is 1.84 bits per heavy atom. The molecule has 1 aliphatic heterocycles. The van der Waals surface area contributed by atoms with Crippen LogP contribution in [-0.2, 0) is 16.1 Å². The minimum atomic E-state index is -0.941. The predicted molar refractivity (Wildman–Crippen MR) is 111 cm³/mol. The molecule has 1 aliphatic carbocycles. The third-order valence-corrected chi connectivity index (χ3v) is 5.23. The van der Waals surface area contributed by atoms with Crippen LogP contribution in [0.3, 0.4) is 0 Å². The Morgan fingerprint density at radius 1 is 1.06 bits per heavy atom. The van der Waals surface area contributed by atoms with Gasteiger partial charge in [-0.25, -0.2) is 8.78 Å². The molecular weight excluding hydrogens is 404 g/mol. The van der Waals surface area contributed by atoms with Crippen molar-refractivity contribution in [1.29, 1.82) is 0 Å². The first-order chi connectivity index (χ1) is 15.0. The van der Waals surface area contributed by atoms with Crippen LogP contribution in [-0.4, -0.2) is 30.3 Å². The molecule has 0 spiro atoms. The minimum Gasteiger partial charge on any atom is -0.491 e. The van der Waals surface area contributed by atoms with Gasteiger partial charge in [0.1, 0.15) is 24.7 Å².